The summed E-state index contributed by atoms with van der Waals surface area (Å²) in [6, 6.07) is 8.35. The van der Waals surface area contributed by atoms with Gasteiger partial charge in [-0.3, -0.25) is 0 Å². The van der Waals surface area contributed by atoms with Gasteiger partial charge in [0.1, 0.15) is 9.84 Å². The van der Waals surface area contributed by atoms with E-state index in [0.29, 0.717) is 13.0 Å². The Labute approximate surface area is 118 Å². The minimum Gasteiger partial charge on any atom is -0.310 e. The van der Waals surface area contributed by atoms with Gasteiger partial charge >= 0.3 is 0 Å². The Bertz CT molecular complexity index is 474. The zero-order chi connectivity index (χ0) is 13.6. The number of rotatable bonds is 7. The maximum absolute atomic E-state index is 11.3. The molecule has 1 aromatic carbocycles. The summed E-state index contributed by atoms with van der Waals surface area (Å²) in [5.41, 5.74) is 1.20. The molecular formula is C13H20BrNO2S. The first-order valence-electron chi connectivity index (χ1n) is 6.14. The SMILES string of the molecule is CCS(=O)(=O)CCCN[C@@H](C)c1cccc(Br)c1. The van der Waals surface area contributed by atoms with E-state index >= 15 is 0 Å². The average Bonchev–Trinajstić information content (AvgIpc) is 2.34. The van der Waals surface area contributed by atoms with Crippen molar-refractivity contribution in [2.75, 3.05) is 18.1 Å². The van der Waals surface area contributed by atoms with Crippen LogP contribution in [0.4, 0.5) is 0 Å². The molecule has 18 heavy (non-hydrogen) atoms. The molecule has 5 heteroatoms. The molecule has 0 saturated carbocycles. The van der Waals surface area contributed by atoms with E-state index in [4.69, 9.17) is 0 Å². The van der Waals surface area contributed by atoms with Crippen molar-refractivity contribution in [1.82, 2.24) is 5.32 Å². The second-order valence-electron chi connectivity index (χ2n) is 4.32. The van der Waals surface area contributed by atoms with Crippen LogP contribution in [0, 0.1) is 0 Å². The molecule has 0 fully saturated rings. The maximum atomic E-state index is 11.3. The van der Waals surface area contributed by atoms with Crippen molar-refractivity contribution in [3.63, 3.8) is 0 Å². The molecule has 0 aliphatic rings. The van der Waals surface area contributed by atoms with Crippen LogP contribution in [0.3, 0.4) is 0 Å². The van der Waals surface area contributed by atoms with Gasteiger partial charge in [0.15, 0.2) is 0 Å². The van der Waals surface area contributed by atoms with E-state index in [1.54, 1.807) is 6.92 Å². The Kier molecular flexibility index (Phi) is 6.32. The standard InChI is InChI=1S/C13H20BrNO2S/c1-3-18(16,17)9-5-8-15-11(2)12-6-4-7-13(14)10-12/h4,6-7,10-11,15H,3,5,8-9H2,1-2H3/t11-/m0/s1. The number of hydrogen-bond acceptors (Lipinski definition) is 3. The number of nitrogens with one attached hydrogen (secondary N) is 1. The summed E-state index contributed by atoms with van der Waals surface area (Å²) < 4.78 is 23.7. The summed E-state index contributed by atoms with van der Waals surface area (Å²) in [6.07, 6.45) is 0.661. The molecular weight excluding hydrogens is 314 g/mol. The average molecular weight is 334 g/mol. The fourth-order valence-corrected chi connectivity index (χ4v) is 2.94. The first-order valence-corrected chi connectivity index (χ1v) is 8.75. The Balaban J connectivity index is 2.36. The molecule has 0 bridgehead atoms. The van der Waals surface area contributed by atoms with Crippen LogP contribution in [0.2, 0.25) is 0 Å². The second kappa shape index (κ2) is 7.26. The highest BCUT2D eigenvalue weighted by Crippen LogP contribution is 2.17. The zero-order valence-corrected chi connectivity index (χ0v) is 13.2. The van der Waals surface area contributed by atoms with Crippen LogP contribution in [0.1, 0.15) is 31.9 Å². The van der Waals surface area contributed by atoms with Crippen molar-refractivity contribution < 1.29 is 8.42 Å². The van der Waals surface area contributed by atoms with Crippen molar-refractivity contribution in [3.05, 3.63) is 34.3 Å². The monoisotopic (exact) mass is 333 g/mol. The van der Waals surface area contributed by atoms with E-state index in [0.717, 1.165) is 4.47 Å². The molecule has 0 aromatic heterocycles. The molecule has 0 heterocycles. The third-order valence-corrected chi connectivity index (χ3v) is 5.15. The van der Waals surface area contributed by atoms with Gasteiger partial charge in [-0.15, -0.1) is 0 Å². The first kappa shape index (κ1) is 15.7. The van der Waals surface area contributed by atoms with Crippen LogP contribution < -0.4 is 5.32 Å². The van der Waals surface area contributed by atoms with Crippen LogP contribution in [0.25, 0.3) is 0 Å². The molecule has 0 unspecified atom stereocenters. The Hall–Kier alpha value is -0.390. The molecule has 0 aliphatic heterocycles. The van der Waals surface area contributed by atoms with Gasteiger partial charge in [-0.1, -0.05) is 35.0 Å². The Morgan fingerprint density at radius 2 is 2.11 bits per heavy atom. The van der Waals surface area contributed by atoms with E-state index < -0.39 is 9.84 Å². The lowest BCUT2D eigenvalue weighted by atomic mass is 10.1. The fourth-order valence-electron chi connectivity index (χ4n) is 1.65. The lowest BCUT2D eigenvalue weighted by Gasteiger charge is -2.14. The second-order valence-corrected chi connectivity index (χ2v) is 7.71. The highest BCUT2D eigenvalue weighted by molar-refractivity contribution is 9.10. The van der Waals surface area contributed by atoms with Gasteiger partial charge < -0.3 is 5.32 Å². The van der Waals surface area contributed by atoms with Crippen LogP contribution in [-0.2, 0) is 9.84 Å². The summed E-state index contributed by atoms with van der Waals surface area (Å²) >= 11 is 3.44. The first-order chi connectivity index (χ1) is 8.44. The summed E-state index contributed by atoms with van der Waals surface area (Å²) in [4.78, 5) is 0. The van der Waals surface area contributed by atoms with Crippen LogP contribution in [0.5, 0.6) is 0 Å². The smallest absolute Gasteiger partial charge is 0.150 e. The molecule has 0 aliphatic carbocycles. The predicted molar refractivity (Wildman–Crippen MR) is 79.5 cm³/mol. The molecule has 3 nitrogen and oxygen atoms in total. The predicted octanol–water partition coefficient (Wildman–Crippen LogP) is 2.92. The quantitative estimate of drug-likeness (QED) is 0.780. The van der Waals surface area contributed by atoms with Crippen LogP contribution >= 0.6 is 15.9 Å². The Morgan fingerprint density at radius 3 is 2.72 bits per heavy atom. The van der Waals surface area contributed by atoms with E-state index in [9.17, 15) is 8.42 Å². The van der Waals surface area contributed by atoms with Gasteiger partial charge in [0.2, 0.25) is 0 Å². The minimum absolute atomic E-state index is 0.229. The summed E-state index contributed by atoms with van der Waals surface area (Å²) in [5, 5.41) is 3.34. The van der Waals surface area contributed by atoms with Crippen LogP contribution in [-0.4, -0.2) is 26.5 Å². The lowest BCUT2D eigenvalue weighted by Crippen LogP contribution is -2.22. The van der Waals surface area contributed by atoms with E-state index in [1.807, 2.05) is 12.1 Å². The van der Waals surface area contributed by atoms with Crippen molar-refractivity contribution >= 4 is 25.8 Å². The Morgan fingerprint density at radius 1 is 1.39 bits per heavy atom. The molecule has 1 atom stereocenters. The van der Waals surface area contributed by atoms with Crippen molar-refractivity contribution in [2.24, 2.45) is 0 Å². The zero-order valence-electron chi connectivity index (χ0n) is 10.8. The van der Waals surface area contributed by atoms with Gasteiger partial charge in [-0.05, 0) is 37.6 Å². The van der Waals surface area contributed by atoms with Gasteiger partial charge in [0.05, 0.1) is 5.75 Å². The molecule has 1 N–H and O–H groups in total. The topological polar surface area (TPSA) is 46.2 Å². The fraction of sp³-hybridized carbons (Fsp3) is 0.538. The van der Waals surface area contributed by atoms with Crippen LogP contribution in [0.15, 0.2) is 28.7 Å². The summed E-state index contributed by atoms with van der Waals surface area (Å²) in [5.74, 6) is 0.496. The molecule has 0 radical (unpaired) electrons. The van der Waals surface area contributed by atoms with Crippen molar-refractivity contribution in [2.45, 2.75) is 26.3 Å². The third-order valence-electron chi connectivity index (χ3n) is 2.87. The normalized spacial score (nSPS) is 13.5. The molecule has 102 valence electrons. The van der Waals surface area contributed by atoms with Gasteiger partial charge in [-0.2, -0.15) is 0 Å². The molecule has 1 rings (SSSR count). The maximum Gasteiger partial charge on any atom is 0.150 e. The van der Waals surface area contributed by atoms with Gasteiger partial charge in [-0.25, -0.2) is 8.42 Å². The van der Waals surface area contributed by atoms with E-state index in [1.165, 1.54) is 5.56 Å². The van der Waals surface area contributed by atoms with Crippen molar-refractivity contribution in [1.29, 1.82) is 0 Å². The number of hydrogen-bond donors (Lipinski definition) is 1. The molecule has 0 spiro atoms. The highest BCUT2D eigenvalue weighted by atomic mass is 79.9. The van der Waals surface area contributed by atoms with Gasteiger partial charge in [0.25, 0.3) is 0 Å². The molecule has 0 saturated heterocycles. The van der Waals surface area contributed by atoms with E-state index in [-0.39, 0.29) is 17.5 Å². The number of sulfone groups is 1. The van der Waals surface area contributed by atoms with Crippen molar-refractivity contribution in [3.8, 4) is 0 Å². The number of halogens is 1. The molecule has 0 amide bonds. The number of benzene rings is 1. The summed E-state index contributed by atoms with van der Waals surface area (Å²) in [7, 11) is -2.84. The largest absolute Gasteiger partial charge is 0.310 e. The van der Waals surface area contributed by atoms with E-state index in [2.05, 4.69) is 40.3 Å². The summed E-state index contributed by atoms with van der Waals surface area (Å²) in [6.45, 7) is 4.48. The minimum atomic E-state index is -2.84. The lowest BCUT2D eigenvalue weighted by molar-refractivity contribution is 0.560. The third kappa shape index (κ3) is 5.50. The highest BCUT2D eigenvalue weighted by Gasteiger charge is 2.08. The van der Waals surface area contributed by atoms with Gasteiger partial charge in [0, 0.05) is 16.3 Å². The molecule has 1 aromatic rings.